The van der Waals surface area contributed by atoms with E-state index in [1.54, 1.807) is 25.2 Å². The van der Waals surface area contributed by atoms with Gasteiger partial charge in [0, 0.05) is 18.1 Å². The molecule has 1 aromatic rings. The van der Waals surface area contributed by atoms with E-state index in [-0.39, 0.29) is 23.1 Å². The third-order valence-electron chi connectivity index (χ3n) is 4.06. The molecule has 0 saturated carbocycles. The topological polar surface area (TPSA) is 101 Å². The van der Waals surface area contributed by atoms with Crippen molar-refractivity contribution in [2.24, 2.45) is 0 Å². The standard InChI is InChI=1S/C22H22O6/c1-4-5-6-7-19(26)28-18(11-8-13(2)3)14-12-17(25)20-15(23)9-10-16(24)21(20)22(14)27/h4-10,12,18,23-24H,11H2,1-3H3/b5-4+,7-6+/t18-/m1/s1. The monoisotopic (exact) mass is 382 g/mol. The first-order chi connectivity index (χ1) is 13.3. The van der Waals surface area contributed by atoms with Gasteiger partial charge < -0.3 is 14.9 Å². The average Bonchev–Trinajstić information content (AvgIpc) is 2.63. The molecule has 0 aromatic heterocycles. The van der Waals surface area contributed by atoms with E-state index in [0.29, 0.717) is 0 Å². The predicted molar refractivity (Wildman–Crippen MR) is 104 cm³/mol. The Morgan fingerprint density at radius 1 is 1.11 bits per heavy atom. The molecule has 1 aromatic carbocycles. The van der Waals surface area contributed by atoms with E-state index in [4.69, 9.17) is 4.74 Å². The van der Waals surface area contributed by atoms with Crippen LogP contribution in [0.2, 0.25) is 0 Å². The molecule has 0 aliphatic heterocycles. The lowest BCUT2D eigenvalue weighted by molar-refractivity contribution is -0.141. The van der Waals surface area contributed by atoms with Gasteiger partial charge in [0.25, 0.3) is 0 Å². The summed E-state index contributed by atoms with van der Waals surface area (Å²) in [5.41, 5.74) is 0.351. The van der Waals surface area contributed by atoms with Crippen LogP contribution in [0.5, 0.6) is 11.5 Å². The van der Waals surface area contributed by atoms with E-state index in [0.717, 1.165) is 23.8 Å². The average molecular weight is 382 g/mol. The first-order valence-corrected chi connectivity index (χ1v) is 8.75. The Balaban J connectivity index is 2.44. The molecule has 0 spiro atoms. The summed E-state index contributed by atoms with van der Waals surface area (Å²) in [6.07, 6.45) is 8.11. The quantitative estimate of drug-likeness (QED) is 0.255. The minimum absolute atomic E-state index is 0.0521. The number of carbonyl (C=O) groups is 3. The Bertz CT molecular complexity index is 927. The Hall–Kier alpha value is -3.41. The normalized spacial score (nSPS) is 14.8. The molecule has 1 aliphatic carbocycles. The second-order valence-corrected chi connectivity index (χ2v) is 6.47. The van der Waals surface area contributed by atoms with Gasteiger partial charge in [0.15, 0.2) is 11.6 Å². The summed E-state index contributed by atoms with van der Waals surface area (Å²) in [5, 5.41) is 20.0. The Morgan fingerprint density at radius 3 is 2.36 bits per heavy atom. The molecule has 1 aliphatic rings. The van der Waals surface area contributed by atoms with Crippen LogP contribution in [0.1, 0.15) is 47.9 Å². The van der Waals surface area contributed by atoms with Crippen molar-refractivity contribution in [1.82, 2.24) is 0 Å². The minimum atomic E-state index is -1.01. The molecule has 0 unspecified atom stereocenters. The smallest absolute Gasteiger partial charge is 0.331 e. The van der Waals surface area contributed by atoms with Crippen LogP contribution in [-0.2, 0) is 9.53 Å². The van der Waals surface area contributed by atoms with Gasteiger partial charge in [0.05, 0.1) is 11.1 Å². The maximum absolute atomic E-state index is 12.9. The molecule has 0 radical (unpaired) electrons. The summed E-state index contributed by atoms with van der Waals surface area (Å²) in [6, 6.07) is 2.28. The van der Waals surface area contributed by atoms with Crippen LogP contribution in [0, 0.1) is 0 Å². The summed E-state index contributed by atoms with van der Waals surface area (Å²) >= 11 is 0. The number of fused-ring (bicyclic) bond motifs is 1. The van der Waals surface area contributed by atoms with Gasteiger partial charge in [-0.3, -0.25) is 9.59 Å². The molecule has 6 heteroatoms. The minimum Gasteiger partial charge on any atom is -0.507 e. The number of allylic oxidation sites excluding steroid dienone is 5. The second kappa shape index (κ2) is 8.99. The molecule has 0 amide bonds. The molecule has 6 nitrogen and oxygen atoms in total. The number of phenols is 2. The van der Waals surface area contributed by atoms with Crippen molar-refractivity contribution < 1.29 is 29.3 Å². The summed E-state index contributed by atoms with van der Waals surface area (Å²) in [6.45, 7) is 5.50. The van der Waals surface area contributed by atoms with Gasteiger partial charge in [-0.25, -0.2) is 4.79 Å². The summed E-state index contributed by atoms with van der Waals surface area (Å²) in [7, 11) is 0. The zero-order valence-electron chi connectivity index (χ0n) is 15.9. The van der Waals surface area contributed by atoms with Crippen LogP contribution in [0.4, 0.5) is 0 Å². The number of esters is 1. The molecule has 0 bridgehead atoms. The molecule has 28 heavy (non-hydrogen) atoms. The number of Topliss-reactive ketones (excluding diaryl/α,β-unsaturated/α-hetero) is 1. The van der Waals surface area contributed by atoms with Gasteiger partial charge in [-0.2, -0.15) is 0 Å². The predicted octanol–water partition coefficient (Wildman–Crippen LogP) is 3.80. The van der Waals surface area contributed by atoms with Crippen molar-refractivity contribution in [1.29, 1.82) is 0 Å². The number of carbonyl (C=O) groups excluding carboxylic acids is 3. The lowest BCUT2D eigenvalue weighted by atomic mass is 9.85. The highest BCUT2D eigenvalue weighted by molar-refractivity contribution is 6.27. The van der Waals surface area contributed by atoms with Gasteiger partial charge in [-0.05, 0) is 39.0 Å². The fraction of sp³-hybridized carbons (Fsp3) is 0.227. The largest absolute Gasteiger partial charge is 0.507 e. The molecule has 0 fully saturated rings. The van der Waals surface area contributed by atoms with E-state index in [1.807, 2.05) is 13.8 Å². The number of phenolic OH excluding ortho intramolecular Hbond substituents is 2. The molecule has 0 heterocycles. The van der Waals surface area contributed by atoms with Crippen molar-refractivity contribution >= 4 is 17.5 Å². The molecule has 0 saturated heterocycles. The van der Waals surface area contributed by atoms with E-state index in [1.165, 1.54) is 12.2 Å². The lowest BCUT2D eigenvalue weighted by Gasteiger charge is -2.23. The van der Waals surface area contributed by atoms with Crippen LogP contribution in [0.25, 0.3) is 0 Å². The fourth-order valence-corrected chi connectivity index (χ4v) is 2.73. The molecule has 2 rings (SSSR count). The number of hydrogen-bond donors (Lipinski definition) is 2. The highest BCUT2D eigenvalue weighted by atomic mass is 16.5. The van der Waals surface area contributed by atoms with Gasteiger partial charge in [-0.1, -0.05) is 29.9 Å². The molecular weight excluding hydrogens is 360 g/mol. The Morgan fingerprint density at radius 2 is 1.75 bits per heavy atom. The van der Waals surface area contributed by atoms with E-state index in [2.05, 4.69) is 0 Å². The molecule has 146 valence electrons. The van der Waals surface area contributed by atoms with Crippen molar-refractivity contribution in [2.75, 3.05) is 0 Å². The van der Waals surface area contributed by atoms with Crippen LogP contribution < -0.4 is 0 Å². The zero-order chi connectivity index (χ0) is 20.8. The van der Waals surface area contributed by atoms with Gasteiger partial charge >= 0.3 is 5.97 Å². The highest BCUT2D eigenvalue weighted by Gasteiger charge is 2.35. The molecular formula is C22H22O6. The summed E-state index contributed by atoms with van der Waals surface area (Å²) in [5.74, 6) is -2.79. The van der Waals surface area contributed by atoms with Crippen molar-refractivity contribution in [2.45, 2.75) is 33.3 Å². The SMILES string of the molecule is C/C=C/C=C/C(=O)O[C@H](CC=C(C)C)C1=CC(=O)c2c(O)ccc(O)c2C1=O. The van der Waals surface area contributed by atoms with Gasteiger partial charge in [-0.15, -0.1) is 0 Å². The van der Waals surface area contributed by atoms with Crippen molar-refractivity contribution in [3.05, 3.63) is 70.9 Å². The maximum Gasteiger partial charge on any atom is 0.331 e. The lowest BCUT2D eigenvalue weighted by Crippen LogP contribution is -2.28. The third kappa shape index (κ3) is 4.65. The van der Waals surface area contributed by atoms with Crippen LogP contribution in [0.15, 0.2) is 59.7 Å². The molecule has 2 N–H and O–H groups in total. The van der Waals surface area contributed by atoms with E-state index in [9.17, 15) is 24.6 Å². The first-order valence-electron chi connectivity index (χ1n) is 8.75. The number of ketones is 2. The van der Waals surface area contributed by atoms with Crippen molar-refractivity contribution in [3.8, 4) is 11.5 Å². The van der Waals surface area contributed by atoms with Gasteiger partial charge in [0.1, 0.15) is 17.6 Å². The maximum atomic E-state index is 12.9. The second-order valence-electron chi connectivity index (χ2n) is 6.47. The van der Waals surface area contributed by atoms with Crippen LogP contribution in [-0.4, -0.2) is 33.9 Å². The number of aromatic hydroxyl groups is 2. The summed E-state index contributed by atoms with van der Waals surface area (Å²) in [4.78, 5) is 37.5. The first kappa shape index (κ1) is 20.9. The number of hydrogen-bond acceptors (Lipinski definition) is 6. The van der Waals surface area contributed by atoms with E-state index >= 15 is 0 Å². The third-order valence-corrected chi connectivity index (χ3v) is 4.06. The Kier molecular flexibility index (Phi) is 6.71. The Labute approximate surface area is 163 Å². The highest BCUT2D eigenvalue weighted by Crippen LogP contribution is 2.36. The van der Waals surface area contributed by atoms with Crippen LogP contribution >= 0.6 is 0 Å². The summed E-state index contributed by atoms with van der Waals surface area (Å²) < 4.78 is 5.40. The number of benzene rings is 1. The van der Waals surface area contributed by atoms with Gasteiger partial charge in [0.2, 0.25) is 0 Å². The van der Waals surface area contributed by atoms with E-state index < -0.39 is 35.1 Å². The number of rotatable bonds is 6. The van der Waals surface area contributed by atoms with Crippen molar-refractivity contribution in [3.63, 3.8) is 0 Å². The van der Waals surface area contributed by atoms with Crippen LogP contribution in [0.3, 0.4) is 0 Å². The fourth-order valence-electron chi connectivity index (χ4n) is 2.73. The molecule has 1 atom stereocenters. The number of ether oxygens (including phenoxy) is 1. The zero-order valence-corrected chi connectivity index (χ0v) is 15.9.